The van der Waals surface area contributed by atoms with Crippen LogP contribution < -0.4 is 14.8 Å². The van der Waals surface area contributed by atoms with Gasteiger partial charge in [-0.3, -0.25) is 4.79 Å². The molecule has 3 aromatic carbocycles. The molecule has 0 bridgehead atoms. The molecule has 32 heavy (non-hydrogen) atoms. The highest BCUT2D eigenvalue weighted by Crippen LogP contribution is 2.27. The van der Waals surface area contributed by atoms with Crippen molar-refractivity contribution in [1.82, 2.24) is 4.72 Å². The number of rotatable bonds is 8. The van der Waals surface area contributed by atoms with Gasteiger partial charge in [-0.05, 0) is 67.3 Å². The van der Waals surface area contributed by atoms with Crippen LogP contribution in [0.2, 0.25) is 5.02 Å². The maximum atomic E-state index is 13.1. The fourth-order valence-electron chi connectivity index (χ4n) is 3.38. The molecule has 8 heteroatoms. The monoisotopic (exact) mass is 472 g/mol. The second-order valence-corrected chi connectivity index (χ2v) is 9.65. The van der Waals surface area contributed by atoms with Crippen LogP contribution in [0.5, 0.6) is 5.75 Å². The predicted octanol–water partition coefficient (Wildman–Crippen LogP) is 4.49. The van der Waals surface area contributed by atoms with E-state index in [9.17, 15) is 13.2 Å². The van der Waals surface area contributed by atoms with E-state index in [1.165, 1.54) is 25.3 Å². The molecule has 0 unspecified atom stereocenters. The maximum Gasteiger partial charge on any atom is 0.242 e. The lowest BCUT2D eigenvalue weighted by Crippen LogP contribution is -2.45. The number of methoxy groups -OCH3 is 1. The number of aryl methyl sites for hydroxylation is 2. The van der Waals surface area contributed by atoms with E-state index in [0.29, 0.717) is 11.4 Å². The number of halogens is 1. The highest BCUT2D eigenvalue weighted by atomic mass is 35.5. The Morgan fingerprint density at radius 1 is 1.00 bits per heavy atom. The zero-order valence-corrected chi connectivity index (χ0v) is 19.6. The average Bonchev–Trinajstić information content (AvgIpc) is 2.73. The van der Waals surface area contributed by atoms with Gasteiger partial charge >= 0.3 is 0 Å². The molecule has 3 aromatic rings. The zero-order chi connectivity index (χ0) is 23.3. The van der Waals surface area contributed by atoms with Gasteiger partial charge in [0.1, 0.15) is 11.8 Å². The van der Waals surface area contributed by atoms with E-state index in [0.717, 1.165) is 16.7 Å². The summed E-state index contributed by atoms with van der Waals surface area (Å²) in [6.45, 7) is 3.86. The summed E-state index contributed by atoms with van der Waals surface area (Å²) in [7, 11) is -2.59. The molecular formula is C24H25ClN2O4S. The van der Waals surface area contributed by atoms with Crippen molar-refractivity contribution in [2.24, 2.45) is 0 Å². The van der Waals surface area contributed by atoms with Gasteiger partial charge in [0.2, 0.25) is 15.9 Å². The molecule has 0 fully saturated rings. The Bertz CT molecular complexity index is 1190. The van der Waals surface area contributed by atoms with Crippen molar-refractivity contribution in [2.45, 2.75) is 31.2 Å². The maximum absolute atomic E-state index is 13.1. The minimum atomic E-state index is -4.03. The number of hydrogen-bond acceptors (Lipinski definition) is 4. The molecule has 0 aliphatic carbocycles. The molecule has 0 saturated carbocycles. The lowest BCUT2D eigenvalue weighted by atomic mass is 10.1. The third kappa shape index (κ3) is 6.09. The summed E-state index contributed by atoms with van der Waals surface area (Å²) in [6, 6.07) is 18.0. The average molecular weight is 473 g/mol. The molecule has 0 heterocycles. The molecule has 6 nitrogen and oxygen atoms in total. The van der Waals surface area contributed by atoms with Crippen molar-refractivity contribution in [3.8, 4) is 5.75 Å². The topological polar surface area (TPSA) is 84.5 Å². The fraction of sp³-hybridized carbons (Fsp3) is 0.208. The van der Waals surface area contributed by atoms with Crippen LogP contribution in [0.4, 0.5) is 5.69 Å². The van der Waals surface area contributed by atoms with Gasteiger partial charge in [0, 0.05) is 5.69 Å². The van der Waals surface area contributed by atoms with Crippen LogP contribution in [0, 0.1) is 13.8 Å². The van der Waals surface area contributed by atoms with Crippen LogP contribution in [0.25, 0.3) is 0 Å². The molecule has 0 saturated heterocycles. The van der Waals surface area contributed by atoms with Crippen LogP contribution >= 0.6 is 11.6 Å². The smallest absolute Gasteiger partial charge is 0.242 e. The second-order valence-electron chi connectivity index (χ2n) is 7.53. The van der Waals surface area contributed by atoms with E-state index in [4.69, 9.17) is 16.3 Å². The van der Waals surface area contributed by atoms with Gasteiger partial charge in [-0.2, -0.15) is 4.72 Å². The number of ether oxygens (including phenoxy) is 1. The number of sulfonamides is 1. The standard InChI is InChI=1S/C24H25ClN2O4S/c1-16-11-17(2)13-19(12-16)26-24(28)22(14-18-7-5-4-6-8-18)27-32(29,30)20-9-10-23(31-3)21(25)15-20/h4-13,15,22,27H,14H2,1-3H3,(H,26,28)/t22-/m0/s1. The first-order valence-electron chi connectivity index (χ1n) is 9.97. The Morgan fingerprint density at radius 3 is 2.25 bits per heavy atom. The largest absolute Gasteiger partial charge is 0.495 e. The quantitative estimate of drug-likeness (QED) is 0.505. The van der Waals surface area contributed by atoms with Gasteiger partial charge in [-0.1, -0.05) is 48.0 Å². The van der Waals surface area contributed by atoms with E-state index in [1.807, 2.05) is 62.4 Å². The fourth-order valence-corrected chi connectivity index (χ4v) is 4.93. The summed E-state index contributed by atoms with van der Waals surface area (Å²) in [6.07, 6.45) is 0.181. The van der Waals surface area contributed by atoms with Gasteiger partial charge < -0.3 is 10.1 Å². The molecule has 0 aliphatic heterocycles. The van der Waals surface area contributed by atoms with Crippen LogP contribution in [0.15, 0.2) is 71.6 Å². The molecule has 2 N–H and O–H groups in total. The van der Waals surface area contributed by atoms with E-state index in [1.54, 1.807) is 0 Å². The SMILES string of the molecule is COc1ccc(S(=O)(=O)N[C@@H](Cc2ccccc2)C(=O)Nc2cc(C)cc(C)c2)cc1Cl. The normalized spacial score (nSPS) is 12.2. The predicted molar refractivity (Wildman–Crippen MR) is 127 cm³/mol. The molecule has 1 amide bonds. The van der Waals surface area contributed by atoms with Crippen LogP contribution in [0.1, 0.15) is 16.7 Å². The first kappa shape index (κ1) is 23.8. The number of benzene rings is 3. The van der Waals surface area contributed by atoms with Gasteiger partial charge in [0.25, 0.3) is 0 Å². The van der Waals surface area contributed by atoms with Crippen molar-refractivity contribution in [1.29, 1.82) is 0 Å². The number of hydrogen-bond donors (Lipinski definition) is 2. The van der Waals surface area contributed by atoms with E-state index < -0.39 is 22.0 Å². The van der Waals surface area contributed by atoms with Gasteiger partial charge in [0.05, 0.1) is 17.0 Å². The Kier molecular flexibility index (Phi) is 7.56. The van der Waals surface area contributed by atoms with E-state index in [2.05, 4.69) is 10.0 Å². The number of carbonyl (C=O) groups is 1. The van der Waals surface area contributed by atoms with Crippen molar-refractivity contribution in [2.75, 3.05) is 12.4 Å². The summed E-state index contributed by atoms with van der Waals surface area (Å²) < 4.78 is 33.7. The Hall–Kier alpha value is -2.87. The first-order chi connectivity index (χ1) is 15.2. The molecule has 0 aliphatic rings. The van der Waals surface area contributed by atoms with E-state index in [-0.39, 0.29) is 16.3 Å². The highest BCUT2D eigenvalue weighted by molar-refractivity contribution is 7.89. The lowest BCUT2D eigenvalue weighted by Gasteiger charge is -2.19. The van der Waals surface area contributed by atoms with Crippen molar-refractivity contribution in [3.63, 3.8) is 0 Å². The number of amides is 1. The van der Waals surface area contributed by atoms with Crippen molar-refractivity contribution < 1.29 is 17.9 Å². The molecule has 0 radical (unpaired) electrons. The van der Waals surface area contributed by atoms with Gasteiger partial charge in [-0.25, -0.2) is 8.42 Å². The van der Waals surface area contributed by atoms with Crippen LogP contribution in [0.3, 0.4) is 0 Å². The molecular weight excluding hydrogens is 448 g/mol. The Balaban J connectivity index is 1.89. The molecule has 1 atom stereocenters. The number of anilines is 1. The minimum absolute atomic E-state index is 0.0550. The highest BCUT2D eigenvalue weighted by Gasteiger charge is 2.27. The molecule has 0 spiro atoms. The van der Waals surface area contributed by atoms with Crippen molar-refractivity contribution in [3.05, 3.63) is 88.4 Å². The molecule has 0 aromatic heterocycles. The second kappa shape index (κ2) is 10.2. The third-order valence-corrected chi connectivity index (χ3v) is 6.58. The lowest BCUT2D eigenvalue weighted by molar-refractivity contribution is -0.117. The zero-order valence-electron chi connectivity index (χ0n) is 18.1. The van der Waals surface area contributed by atoms with Gasteiger partial charge in [-0.15, -0.1) is 0 Å². The van der Waals surface area contributed by atoms with Gasteiger partial charge in [0.15, 0.2) is 0 Å². The summed E-state index contributed by atoms with van der Waals surface area (Å²) in [5, 5.41) is 3.00. The summed E-state index contributed by atoms with van der Waals surface area (Å²) in [4.78, 5) is 13.1. The first-order valence-corrected chi connectivity index (χ1v) is 11.8. The van der Waals surface area contributed by atoms with Crippen molar-refractivity contribution >= 4 is 33.2 Å². The summed E-state index contributed by atoms with van der Waals surface area (Å²) >= 11 is 6.10. The summed E-state index contributed by atoms with van der Waals surface area (Å²) in [5.74, 6) is -0.0963. The van der Waals surface area contributed by atoms with Crippen LogP contribution in [-0.4, -0.2) is 27.5 Å². The molecule has 168 valence electrons. The molecule has 3 rings (SSSR count). The van der Waals surface area contributed by atoms with Crippen LogP contribution in [-0.2, 0) is 21.2 Å². The Labute approximate surface area is 193 Å². The number of carbonyl (C=O) groups excluding carboxylic acids is 1. The third-order valence-electron chi connectivity index (χ3n) is 4.82. The number of nitrogens with one attached hydrogen (secondary N) is 2. The Morgan fingerprint density at radius 2 is 1.66 bits per heavy atom. The summed E-state index contributed by atoms with van der Waals surface area (Å²) in [5.41, 5.74) is 3.42. The van der Waals surface area contributed by atoms with E-state index >= 15 is 0 Å². The minimum Gasteiger partial charge on any atom is -0.495 e.